The van der Waals surface area contributed by atoms with Gasteiger partial charge in [0, 0.05) is 16.8 Å². The zero-order valence-electron chi connectivity index (χ0n) is 14.7. The molecule has 4 nitrogen and oxygen atoms in total. The monoisotopic (exact) mass is 350 g/mol. The molecule has 4 heteroatoms. The van der Waals surface area contributed by atoms with Crippen LogP contribution in [0.3, 0.4) is 0 Å². The van der Waals surface area contributed by atoms with Crippen LogP contribution in [0, 0.1) is 0 Å². The van der Waals surface area contributed by atoms with E-state index in [1.807, 2.05) is 42.5 Å². The Morgan fingerprint density at radius 2 is 1.30 bits per heavy atom. The van der Waals surface area contributed by atoms with Gasteiger partial charge in [-0.2, -0.15) is 0 Å². The van der Waals surface area contributed by atoms with Gasteiger partial charge in [0.1, 0.15) is 11.5 Å². The molecule has 0 saturated carbocycles. The third-order valence-corrected chi connectivity index (χ3v) is 4.75. The molecule has 2 aliphatic rings. The van der Waals surface area contributed by atoms with E-state index >= 15 is 0 Å². The molecule has 0 aromatic heterocycles. The second-order valence-electron chi connectivity index (χ2n) is 6.43. The topological polar surface area (TPSA) is 40.0 Å². The molecule has 3 aromatic carbocycles. The molecule has 0 bridgehead atoms. The lowest BCUT2D eigenvalue weighted by molar-refractivity contribution is 0.733. The van der Waals surface area contributed by atoms with Crippen LogP contribution in [0.15, 0.2) is 107 Å². The van der Waals surface area contributed by atoms with Crippen LogP contribution in [-0.4, -0.2) is 18.3 Å². The van der Waals surface area contributed by atoms with Gasteiger partial charge in [-0.05, 0) is 12.1 Å². The molecule has 0 radical (unpaired) electrons. The maximum absolute atomic E-state index is 5.04. The van der Waals surface area contributed by atoms with Crippen molar-refractivity contribution >= 4 is 23.6 Å². The van der Waals surface area contributed by atoms with E-state index in [0.29, 0.717) is 0 Å². The first-order valence-corrected chi connectivity index (χ1v) is 8.98. The summed E-state index contributed by atoms with van der Waals surface area (Å²) in [4.78, 5) is 11.9. The van der Waals surface area contributed by atoms with Gasteiger partial charge in [0.05, 0.1) is 12.0 Å². The van der Waals surface area contributed by atoms with E-state index < -0.39 is 0 Å². The highest BCUT2D eigenvalue weighted by molar-refractivity contribution is 6.14. The van der Waals surface area contributed by atoms with Gasteiger partial charge in [-0.15, -0.1) is 0 Å². The maximum Gasteiger partial charge on any atom is 0.152 e. The number of hydrogen-bond donors (Lipinski definition) is 1. The van der Waals surface area contributed by atoms with Crippen LogP contribution < -0.4 is 10.2 Å². The third kappa shape index (κ3) is 2.72. The minimum atomic E-state index is -0.0877. The normalized spacial score (nSPS) is 18.1. The van der Waals surface area contributed by atoms with Gasteiger partial charge in [-0.1, -0.05) is 78.9 Å². The van der Waals surface area contributed by atoms with Gasteiger partial charge in [0.2, 0.25) is 0 Å². The molecular weight excluding hydrogens is 332 g/mol. The lowest BCUT2D eigenvalue weighted by atomic mass is 10.1. The Bertz CT molecular complexity index is 1040. The first-order valence-electron chi connectivity index (χ1n) is 8.98. The van der Waals surface area contributed by atoms with Crippen LogP contribution in [0.4, 0.5) is 5.69 Å². The molecule has 27 heavy (non-hydrogen) atoms. The largest absolute Gasteiger partial charge is 0.351 e. The summed E-state index contributed by atoms with van der Waals surface area (Å²) in [5.74, 6) is 0.924. The van der Waals surface area contributed by atoms with Crippen LogP contribution in [0.1, 0.15) is 11.1 Å². The van der Waals surface area contributed by atoms with Crippen molar-refractivity contribution in [3.8, 4) is 0 Å². The predicted molar refractivity (Wildman–Crippen MR) is 111 cm³/mol. The average molecular weight is 350 g/mol. The summed E-state index contributed by atoms with van der Waals surface area (Å²) in [7, 11) is 0. The number of anilines is 1. The average Bonchev–Trinajstić information content (AvgIpc) is 3.15. The Morgan fingerprint density at radius 3 is 1.96 bits per heavy atom. The van der Waals surface area contributed by atoms with Crippen molar-refractivity contribution in [2.75, 3.05) is 4.90 Å². The minimum Gasteiger partial charge on any atom is -0.351 e. The molecule has 1 N–H and O–H groups in total. The van der Waals surface area contributed by atoms with Crippen molar-refractivity contribution < 1.29 is 0 Å². The highest BCUT2D eigenvalue weighted by atomic mass is 15.4. The van der Waals surface area contributed by atoms with Crippen molar-refractivity contribution in [3.63, 3.8) is 0 Å². The number of rotatable bonds is 3. The van der Waals surface area contributed by atoms with E-state index in [1.54, 1.807) is 6.34 Å². The van der Waals surface area contributed by atoms with E-state index in [2.05, 4.69) is 63.7 Å². The Labute approximate surface area is 158 Å². The second kappa shape index (κ2) is 6.57. The highest BCUT2D eigenvalue weighted by Gasteiger charge is 2.37. The summed E-state index contributed by atoms with van der Waals surface area (Å²) >= 11 is 0. The van der Waals surface area contributed by atoms with Crippen molar-refractivity contribution in [1.29, 1.82) is 0 Å². The van der Waals surface area contributed by atoms with Gasteiger partial charge < -0.3 is 5.32 Å². The molecule has 2 aliphatic heterocycles. The van der Waals surface area contributed by atoms with Crippen molar-refractivity contribution in [2.24, 2.45) is 9.98 Å². The van der Waals surface area contributed by atoms with Crippen molar-refractivity contribution in [3.05, 3.63) is 108 Å². The van der Waals surface area contributed by atoms with Gasteiger partial charge in [0.25, 0.3) is 0 Å². The lowest BCUT2D eigenvalue weighted by Crippen LogP contribution is -2.46. The van der Waals surface area contributed by atoms with E-state index in [1.165, 1.54) is 0 Å². The van der Waals surface area contributed by atoms with Crippen molar-refractivity contribution in [2.45, 2.75) is 6.17 Å². The molecule has 2 heterocycles. The standard InChI is InChI=1S/C23H18N4/c1-4-10-17(11-5-1)20-21-23(25-16-24-20)27(19-14-8-3-9-15-19)22(26-21)18-12-6-2-7-13-18/h1-16,23H,(H,24,25). The Kier molecular flexibility index (Phi) is 3.79. The lowest BCUT2D eigenvalue weighted by Gasteiger charge is -2.30. The smallest absolute Gasteiger partial charge is 0.152 e. The fourth-order valence-electron chi connectivity index (χ4n) is 3.52. The number of hydrogen-bond acceptors (Lipinski definition) is 4. The van der Waals surface area contributed by atoms with Crippen molar-refractivity contribution in [1.82, 2.24) is 5.32 Å². The Hall–Kier alpha value is -3.66. The summed E-state index contributed by atoms with van der Waals surface area (Å²) in [6, 6.07) is 30.9. The zero-order valence-corrected chi connectivity index (χ0v) is 14.7. The summed E-state index contributed by atoms with van der Waals surface area (Å²) in [6.07, 6.45) is 1.69. The molecule has 130 valence electrons. The summed E-state index contributed by atoms with van der Waals surface area (Å²) in [5, 5.41) is 3.39. The quantitative estimate of drug-likeness (QED) is 0.766. The van der Waals surface area contributed by atoms with Crippen LogP contribution in [-0.2, 0) is 0 Å². The number of benzene rings is 3. The molecule has 0 fully saturated rings. The Balaban J connectivity index is 1.71. The number of nitrogens with zero attached hydrogens (tertiary/aromatic N) is 3. The molecular formula is C23H18N4. The van der Waals surface area contributed by atoms with Crippen LogP contribution in [0.25, 0.3) is 5.70 Å². The summed E-state index contributed by atoms with van der Waals surface area (Å²) < 4.78 is 0. The van der Waals surface area contributed by atoms with Gasteiger partial charge >= 0.3 is 0 Å². The number of amidine groups is 1. The first kappa shape index (κ1) is 15.6. The molecule has 1 unspecified atom stereocenters. The zero-order chi connectivity index (χ0) is 18.1. The van der Waals surface area contributed by atoms with E-state index in [-0.39, 0.29) is 6.17 Å². The SMILES string of the molecule is C1=NC(c2ccccc2)=C2N=C(c3ccccc3)N(c3ccccc3)C2N1. The van der Waals surface area contributed by atoms with Crippen LogP contribution in [0.5, 0.6) is 0 Å². The van der Waals surface area contributed by atoms with E-state index in [4.69, 9.17) is 4.99 Å². The highest BCUT2D eigenvalue weighted by Crippen LogP contribution is 2.35. The fraction of sp³-hybridized carbons (Fsp3) is 0.0435. The Morgan fingerprint density at radius 1 is 0.704 bits per heavy atom. The molecule has 3 aromatic rings. The molecule has 5 rings (SSSR count). The fourth-order valence-corrected chi connectivity index (χ4v) is 3.52. The van der Waals surface area contributed by atoms with Gasteiger partial charge in [-0.3, -0.25) is 4.90 Å². The van der Waals surface area contributed by atoms with Gasteiger partial charge in [-0.25, -0.2) is 9.98 Å². The van der Waals surface area contributed by atoms with E-state index in [0.717, 1.165) is 34.0 Å². The number of aliphatic imine (C=N–C) groups is 2. The number of para-hydroxylation sites is 1. The molecule has 0 aliphatic carbocycles. The minimum absolute atomic E-state index is 0.0877. The second-order valence-corrected chi connectivity index (χ2v) is 6.43. The van der Waals surface area contributed by atoms with Gasteiger partial charge in [0.15, 0.2) is 6.17 Å². The first-order chi connectivity index (χ1) is 13.4. The predicted octanol–water partition coefficient (Wildman–Crippen LogP) is 4.28. The maximum atomic E-state index is 5.04. The summed E-state index contributed by atoms with van der Waals surface area (Å²) in [6.45, 7) is 0. The van der Waals surface area contributed by atoms with Crippen LogP contribution >= 0.6 is 0 Å². The molecule has 0 saturated heterocycles. The van der Waals surface area contributed by atoms with E-state index in [9.17, 15) is 0 Å². The molecule has 0 amide bonds. The van der Waals surface area contributed by atoms with Crippen LogP contribution in [0.2, 0.25) is 0 Å². The molecule has 0 spiro atoms. The number of nitrogens with one attached hydrogen (secondary N) is 1. The molecule has 1 atom stereocenters. The number of fused-ring (bicyclic) bond motifs is 1. The third-order valence-electron chi connectivity index (χ3n) is 4.75. The summed E-state index contributed by atoms with van der Waals surface area (Å²) in [5.41, 5.74) is 5.09.